The second kappa shape index (κ2) is 18.0. The fraction of sp³-hybridized carbons (Fsp3) is 0.641. The normalized spacial score (nSPS) is 13.6. The summed E-state index contributed by atoms with van der Waals surface area (Å²) in [5, 5.41) is 2.36. The summed E-state index contributed by atoms with van der Waals surface area (Å²) >= 11 is 5.32. The molecule has 5 heteroatoms. The molecule has 44 heavy (non-hydrogen) atoms. The van der Waals surface area contributed by atoms with Crippen molar-refractivity contribution in [3.63, 3.8) is 0 Å². The highest BCUT2D eigenvalue weighted by atomic mass is 32.1. The average Bonchev–Trinajstić information content (AvgIpc) is 3.84. The summed E-state index contributed by atoms with van der Waals surface area (Å²) in [6, 6.07) is 11.6. The van der Waals surface area contributed by atoms with Crippen LogP contribution in [0.15, 0.2) is 35.7 Å². The number of thiophene rings is 2. The molecule has 0 unspecified atom stereocenters. The molecule has 2 nitrogen and oxygen atoms in total. The molecule has 0 atom stereocenters. The highest BCUT2D eigenvalue weighted by Crippen LogP contribution is 2.60. The molecule has 1 aromatic carbocycles. The van der Waals surface area contributed by atoms with Gasteiger partial charge < -0.3 is 0 Å². The predicted molar refractivity (Wildman–Crippen MR) is 198 cm³/mol. The smallest absolute Gasteiger partial charge is 0.113 e. The Bertz CT molecular complexity index is 1350. The molecule has 0 fully saturated rings. The summed E-state index contributed by atoms with van der Waals surface area (Å²) < 4.78 is 9.24. The van der Waals surface area contributed by atoms with Crippen molar-refractivity contribution in [3.05, 3.63) is 46.8 Å². The van der Waals surface area contributed by atoms with Crippen LogP contribution in [0.2, 0.25) is 0 Å². The quantitative estimate of drug-likeness (QED) is 0.0748. The maximum absolute atomic E-state index is 4.70. The van der Waals surface area contributed by atoms with Crippen molar-refractivity contribution in [1.82, 2.24) is 8.75 Å². The molecular formula is C39H56N2S3. The minimum Gasteiger partial charge on any atom is -0.173 e. The second-order valence-electron chi connectivity index (χ2n) is 13.4. The average molecular weight is 649 g/mol. The first kappa shape index (κ1) is 33.8. The molecule has 240 valence electrons. The van der Waals surface area contributed by atoms with Gasteiger partial charge in [0.15, 0.2) is 0 Å². The van der Waals surface area contributed by atoms with Gasteiger partial charge in [0, 0.05) is 25.6 Å². The summed E-state index contributed by atoms with van der Waals surface area (Å²) in [4.78, 5) is 4.48. The first-order valence-electron chi connectivity index (χ1n) is 18.2. The van der Waals surface area contributed by atoms with Gasteiger partial charge in [-0.2, -0.15) is 8.75 Å². The zero-order valence-electron chi connectivity index (χ0n) is 27.6. The summed E-state index contributed by atoms with van der Waals surface area (Å²) in [7, 11) is 0. The monoisotopic (exact) mass is 648 g/mol. The molecule has 0 spiro atoms. The predicted octanol–water partition coefficient (Wildman–Crippen LogP) is 14.4. The van der Waals surface area contributed by atoms with E-state index in [0.717, 1.165) is 11.0 Å². The van der Waals surface area contributed by atoms with Gasteiger partial charge >= 0.3 is 0 Å². The molecule has 1 aliphatic rings. The van der Waals surface area contributed by atoms with E-state index in [1.165, 1.54) is 163 Å². The molecule has 0 bridgehead atoms. The zero-order valence-corrected chi connectivity index (χ0v) is 30.1. The van der Waals surface area contributed by atoms with Crippen molar-refractivity contribution < 1.29 is 0 Å². The van der Waals surface area contributed by atoms with Gasteiger partial charge in [0.05, 0.1) is 11.7 Å². The summed E-state index contributed by atoms with van der Waals surface area (Å²) in [5.74, 6) is 0. The molecule has 0 amide bonds. The van der Waals surface area contributed by atoms with E-state index in [1.807, 2.05) is 22.7 Å². The van der Waals surface area contributed by atoms with Crippen molar-refractivity contribution in [1.29, 1.82) is 0 Å². The lowest BCUT2D eigenvalue weighted by molar-refractivity contribution is 0.398. The molecule has 4 aromatic rings. The lowest BCUT2D eigenvalue weighted by atomic mass is 9.71. The Morgan fingerprint density at radius 1 is 0.591 bits per heavy atom. The minimum absolute atomic E-state index is 0.188. The van der Waals surface area contributed by atoms with Crippen molar-refractivity contribution in [2.45, 2.75) is 161 Å². The summed E-state index contributed by atoms with van der Waals surface area (Å²) in [6.45, 7) is 4.62. The van der Waals surface area contributed by atoms with E-state index in [-0.39, 0.29) is 5.41 Å². The largest absolute Gasteiger partial charge is 0.173 e. The van der Waals surface area contributed by atoms with Crippen molar-refractivity contribution in [3.8, 4) is 20.2 Å². The summed E-state index contributed by atoms with van der Waals surface area (Å²) in [6.07, 6.45) is 30.7. The van der Waals surface area contributed by atoms with Crippen LogP contribution < -0.4 is 0 Å². The van der Waals surface area contributed by atoms with Crippen molar-refractivity contribution in [2.24, 2.45) is 0 Å². The molecule has 0 radical (unpaired) electrons. The van der Waals surface area contributed by atoms with Gasteiger partial charge in [-0.25, -0.2) is 0 Å². The van der Waals surface area contributed by atoms with Crippen LogP contribution >= 0.6 is 34.4 Å². The lowest BCUT2D eigenvalue weighted by Gasteiger charge is -2.31. The SMILES string of the molecule is CCCCCCCCCCCCC1(CCCCCCCCCCCC)c2ccsc2-c2sc(-c3cccc4nsnc34)cc21. The number of nitrogens with zero attached hydrogens (tertiary/aromatic N) is 2. The van der Waals surface area contributed by atoms with E-state index < -0.39 is 0 Å². The van der Waals surface area contributed by atoms with Crippen LogP contribution in [0.3, 0.4) is 0 Å². The van der Waals surface area contributed by atoms with E-state index in [1.54, 1.807) is 20.9 Å². The van der Waals surface area contributed by atoms with Crippen molar-refractivity contribution in [2.75, 3.05) is 0 Å². The highest BCUT2D eigenvalue weighted by molar-refractivity contribution is 7.24. The van der Waals surface area contributed by atoms with E-state index >= 15 is 0 Å². The molecule has 5 rings (SSSR count). The molecule has 3 heterocycles. The Labute approximate surface area is 280 Å². The highest BCUT2D eigenvalue weighted by Gasteiger charge is 2.44. The van der Waals surface area contributed by atoms with Crippen LogP contribution in [0, 0.1) is 0 Å². The topological polar surface area (TPSA) is 25.8 Å². The van der Waals surface area contributed by atoms with Crippen LogP contribution in [0.5, 0.6) is 0 Å². The molecule has 3 aromatic heterocycles. The fourth-order valence-corrected chi connectivity index (χ4v) is 10.6. The number of hydrogen-bond acceptors (Lipinski definition) is 5. The fourth-order valence-electron chi connectivity index (χ4n) is 7.55. The number of unbranched alkanes of at least 4 members (excludes halogenated alkanes) is 18. The van der Waals surface area contributed by atoms with Crippen LogP contribution in [0.4, 0.5) is 0 Å². The Morgan fingerprint density at radius 2 is 1.16 bits per heavy atom. The minimum atomic E-state index is 0.188. The van der Waals surface area contributed by atoms with Crippen LogP contribution in [0.1, 0.15) is 166 Å². The van der Waals surface area contributed by atoms with Crippen LogP contribution in [-0.4, -0.2) is 8.75 Å². The zero-order chi connectivity index (χ0) is 30.5. The standard InChI is InChI=1S/C39H56N2S3/c1-3-5-7-9-11-13-15-17-19-21-27-39(28-22-20-18-16-14-12-10-8-6-4-2)32-26-29-42-37(32)38-33(39)30-35(43-38)31-24-23-25-34-36(31)41-44-40-34/h23-26,29-30H,3-22,27-28H2,1-2H3. The first-order valence-corrected chi connectivity index (χ1v) is 20.7. The van der Waals surface area contributed by atoms with Gasteiger partial charge in [0.25, 0.3) is 0 Å². The Kier molecular flexibility index (Phi) is 13.8. The van der Waals surface area contributed by atoms with Gasteiger partial charge in [-0.05, 0) is 47.5 Å². The van der Waals surface area contributed by atoms with Gasteiger partial charge in [-0.3, -0.25) is 0 Å². The third-order valence-electron chi connectivity index (χ3n) is 10.1. The molecular weight excluding hydrogens is 593 g/mol. The third kappa shape index (κ3) is 8.42. The number of fused-ring (bicyclic) bond motifs is 4. The van der Waals surface area contributed by atoms with E-state index in [0.29, 0.717) is 0 Å². The van der Waals surface area contributed by atoms with Gasteiger partial charge in [0.1, 0.15) is 11.0 Å². The molecule has 0 aliphatic heterocycles. The summed E-state index contributed by atoms with van der Waals surface area (Å²) in [5.41, 5.74) is 6.83. The maximum Gasteiger partial charge on any atom is 0.113 e. The van der Waals surface area contributed by atoms with Gasteiger partial charge in [-0.1, -0.05) is 154 Å². The first-order chi connectivity index (χ1) is 21.8. The number of hydrogen-bond donors (Lipinski definition) is 0. The van der Waals surface area contributed by atoms with E-state index in [4.69, 9.17) is 4.37 Å². The third-order valence-corrected chi connectivity index (χ3v) is 12.9. The van der Waals surface area contributed by atoms with Crippen molar-refractivity contribution >= 4 is 45.4 Å². The molecule has 1 aliphatic carbocycles. The van der Waals surface area contributed by atoms with Crippen LogP contribution in [-0.2, 0) is 5.41 Å². The van der Waals surface area contributed by atoms with Gasteiger partial charge in [-0.15, -0.1) is 22.7 Å². The Hall–Kier alpha value is -1.56. The molecule has 0 saturated heterocycles. The van der Waals surface area contributed by atoms with Crippen LogP contribution in [0.25, 0.3) is 31.2 Å². The lowest BCUT2D eigenvalue weighted by Crippen LogP contribution is -2.24. The second-order valence-corrected chi connectivity index (χ2v) is 15.9. The number of benzene rings is 1. The Balaban J connectivity index is 1.25. The number of rotatable bonds is 23. The van der Waals surface area contributed by atoms with E-state index in [2.05, 4.69) is 53.9 Å². The Morgan fingerprint density at radius 3 is 1.75 bits per heavy atom. The molecule has 0 saturated carbocycles. The van der Waals surface area contributed by atoms with Gasteiger partial charge in [0.2, 0.25) is 0 Å². The molecule has 0 N–H and O–H groups in total. The van der Waals surface area contributed by atoms with E-state index in [9.17, 15) is 0 Å². The maximum atomic E-state index is 4.70. The number of aromatic nitrogens is 2.